The number of amides is 2. The van der Waals surface area contributed by atoms with E-state index in [0.29, 0.717) is 18.0 Å². The van der Waals surface area contributed by atoms with Gasteiger partial charge in [-0.1, -0.05) is 30.3 Å². The minimum absolute atomic E-state index is 0.176. The molecule has 168 valence electrons. The standard InChI is InChI=1S/C22H29N3O5S/c1-5-30-20-13-11-19(12-14-20)25(31(4,28)29)16-21(26)24(17(2)22(27)23-3)15-18-9-7-6-8-10-18/h6-14,17H,5,15-16H2,1-4H3,(H,23,27)/t17-/m1/s1. The van der Waals surface area contributed by atoms with Crippen LogP contribution in [-0.4, -0.2) is 57.6 Å². The van der Waals surface area contributed by atoms with E-state index in [2.05, 4.69) is 5.32 Å². The van der Waals surface area contributed by atoms with Gasteiger partial charge in [0.15, 0.2) is 0 Å². The minimum atomic E-state index is -3.75. The van der Waals surface area contributed by atoms with Crippen LogP contribution in [0.3, 0.4) is 0 Å². The zero-order chi connectivity index (χ0) is 23.0. The van der Waals surface area contributed by atoms with Gasteiger partial charge in [-0.2, -0.15) is 0 Å². The monoisotopic (exact) mass is 447 g/mol. The van der Waals surface area contributed by atoms with E-state index >= 15 is 0 Å². The Morgan fingerprint density at radius 1 is 1.06 bits per heavy atom. The van der Waals surface area contributed by atoms with E-state index < -0.39 is 28.5 Å². The van der Waals surface area contributed by atoms with Crippen molar-refractivity contribution in [2.45, 2.75) is 26.4 Å². The lowest BCUT2D eigenvalue weighted by Crippen LogP contribution is -2.50. The molecule has 31 heavy (non-hydrogen) atoms. The molecule has 2 amide bonds. The Morgan fingerprint density at radius 2 is 1.68 bits per heavy atom. The van der Waals surface area contributed by atoms with Crippen molar-refractivity contribution < 1.29 is 22.7 Å². The van der Waals surface area contributed by atoms with Crippen molar-refractivity contribution >= 4 is 27.5 Å². The van der Waals surface area contributed by atoms with E-state index in [0.717, 1.165) is 16.1 Å². The maximum atomic E-state index is 13.2. The maximum absolute atomic E-state index is 13.2. The number of hydrogen-bond acceptors (Lipinski definition) is 5. The third kappa shape index (κ3) is 6.71. The zero-order valence-corrected chi connectivity index (χ0v) is 19.1. The molecule has 0 aliphatic carbocycles. The van der Waals surface area contributed by atoms with Gasteiger partial charge in [0.1, 0.15) is 18.3 Å². The van der Waals surface area contributed by atoms with E-state index in [1.807, 2.05) is 37.3 Å². The normalized spacial score (nSPS) is 12.0. The van der Waals surface area contributed by atoms with Gasteiger partial charge in [0.2, 0.25) is 21.8 Å². The van der Waals surface area contributed by atoms with Gasteiger partial charge in [0.05, 0.1) is 18.6 Å². The van der Waals surface area contributed by atoms with Crippen molar-refractivity contribution in [2.24, 2.45) is 0 Å². The molecule has 0 aliphatic heterocycles. The molecule has 2 aromatic carbocycles. The number of nitrogens with one attached hydrogen (secondary N) is 1. The Bertz CT molecular complexity index is 978. The number of hydrogen-bond donors (Lipinski definition) is 1. The van der Waals surface area contributed by atoms with Crippen molar-refractivity contribution in [1.82, 2.24) is 10.2 Å². The van der Waals surface area contributed by atoms with Crippen LogP contribution < -0.4 is 14.4 Å². The van der Waals surface area contributed by atoms with Gasteiger partial charge in [-0.15, -0.1) is 0 Å². The van der Waals surface area contributed by atoms with E-state index in [1.165, 1.54) is 11.9 Å². The number of carbonyl (C=O) groups is 2. The van der Waals surface area contributed by atoms with Crippen molar-refractivity contribution in [3.8, 4) is 5.75 Å². The van der Waals surface area contributed by atoms with E-state index in [-0.39, 0.29) is 12.5 Å². The third-order valence-corrected chi connectivity index (χ3v) is 5.86. The number of sulfonamides is 1. The summed E-state index contributed by atoms with van der Waals surface area (Å²) in [5.74, 6) is -0.222. The fourth-order valence-electron chi connectivity index (χ4n) is 3.06. The molecule has 1 atom stereocenters. The average Bonchev–Trinajstić information content (AvgIpc) is 2.75. The largest absolute Gasteiger partial charge is 0.494 e. The fourth-order valence-corrected chi connectivity index (χ4v) is 3.91. The Labute approximate surface area is 183 Å². The number of anilines is 1. The van der Waals surface area contributed by atoms with Crippen LogP contribution in [0.5, 0.6) is 5.75 Å². The van der Waals surface area contributed by atoms with Crippen molar-refractivity contribution in [3.05, 3.63) is 60.2 Å². The predicted octanol–water partition coefficient (Wildman–Crippen LogP) is 2.01. The van der Waals surface area contributed by atoms with Crippen LogP contribution in [0.2, 0.25) is 0 Å². The van der Waals surface area contributed by atoms with E-state index in [1.54, 1.807) is 31.2 Å². The summed E-state index contributed by atoms with van der Waals surface area (Å²) in [6.45, 7) is 3.70. The molecule has 0 aliphatic rings. The molecule has 0 saturated heterocycles. The number of likely N-dealkylation sites (N-methyl/N-ethyl adjacent to an activating group) is 1. The van der Waals surface area contributed by atoms with E-state index in [9.17, 15) is 18.0 Å². The smallest absolute Gasteiger partial charge is 0.244 e. The highest BCUT2D eigenvalue weighted by molar-refractivity contribution is 7.92. The molecule has 0 unspecified atom stereocenters. The van der Waals surface area contributed by atoms with Crippen molar-refractivity contribution in [1.29, 1.82) is 0 Å². The van der Waals surface area contributed by atoms with E-state index in [4.69, 9.17) is 4.74 Å². The molecule has 0 heterocycles. The Kier molecular flexibility index (Phi) is 8.44. The third-order valence-electron chi connectivity index (χ3n) is 4.72. The first-order chi connectivity index (χ1) is 14.7. The molecule has 2 rings (SSSR count). The van der Waals surface area contributed by atoms with Crippen LogP contribution in [0.1, 0.15) is 19.4 Å². The first-order valence-corrected chi connectivity index (χ1v) is 11.8. The quantitative estimate of drug-likeness (QED) is 0.601. The predicted molar refractivity (Wildman–Crippen MR) is 120 cm³/mol. The number of ether oxygens (including phenoxy) is 1. The lowest BCUT2D eigenvalue weighted by atomic mass is 10.1. The molecule has 0 fully saturated rings. The van der Waals surface area contributed by atoms with Gasteiger partial charge >= 0.3 is 0 Å². The molecule has 1 N–H and O–H groups in total. The molecule has 8 nitrogen and oxygen atoms in total. The van der Waals surface area contributed by atoms with Gasteiger partial charge in [0.25, 0.3) is 0 Å². The fraction of sp³-hybridized carbons (Fsp3) is 0.364. The summed E-state index contributed by atoms with van der Waals surface area (Å²) in [5.41, 5.74) is 1.17. The van der Waals surface area contributed by atoms with Crippen LogP contribution in [-0.2, 0) is 26.2 Å². The zero-order valence-electron chi connectivity index (χ0n) is 18.2. The molecule has 2 aromatic rings. The van der Waals surface area contributed by atoms with Crippen LogP contribution >= 0.6 is 0 Å². The molecule has 0 aromatic heterocycles. The summed E-state index contributed by atoms with van der Waals surface area (Å²) >= 11 is 0. The molecular weight excluding hydrogens is 418 g/mol. The molecule has 0 saturated carbocycles. The lowest BCUT2D eigenvalue weighted by Gasteiger charge is -2.31. The summed E-state index contributed by atoms with van der Waals surface area (Å²) in [6.07, 6.45) is 1.04. The SMILES string of the molecule is CCOc1ccc(N(CC(=O)N(Cc2ccccc2)[C@H](C)C(=O)NC)S(C)(=O)=O)cc1. The average molecular weight is 448 g/mol. The van der Waals surface area contributed by atoms with Gasteiger partial charge in [-0.25, -0.2) is 8.42 Å². The Balaban J connectivity index is 2.32. The van der Waals surface area contributed by atoms with Gasteiger partial charge < -0.3 is 15.0 Å². The molecule has 0 radical (unpaired) electrons. The number of carbonyl (C=O) groups excluding carboxylic acids is 2. The van der Waals surface area contributed by atoms with Crippen LogP contribution in [0.4, 0.5) is 5.69 Å². The summed E-state index contributed by atoms with van der Waals surface area (Å²) < 4.78 is 31.3. The molecule has 9 heteroatoms. The number of rotatable bonds is 10. The molecule has 0 spiro atoms. The topological polar surface area (TPSA) is 96.0 Å². The summed E-state index contributed by atoms with van der Waals surface area (Å²) in [4.78, 5) is 26.8. The second-order valence-corrected chi connectivity index (χ2v) is 8.90. The highest BCUT2D eigenvalue weighted by Gasteiger charge is 2.29. The highest BCUT2D eigenvalue weighted by atomic mass is 32.2. The minimum Gasteiger partial charge on any atom is -0.494 e. The second-order valence-electron chi connectivity index (χ2n) is 6.99. The summed E-state index contributed by atoms with van der Waals surface area (Å²) in [6, 6.07) is 14.9. The Morgan fingerprint density at radius 3 is 2.19 bits per heavy atom. The lowest BCUT2D eigenvalue weighted by molar-refractivity contribution is -0.139. The molecular formula is C22H29N3O5S. The highest BCUT2D eigenvalue weighted by Crippen LogP contribution is 2.22. The first-order valence-electron chi connectivity index (χ1n) is 9.93. The van der Waals surface area contributed by atoms with Crippen LogP contribution in [0.25, 0.3) is 0 Å². The second kappa shape index (κ2) is 10.8. The first kappa shape index (κ1) is 24.2. The summed E-state index contributed by atoms with van der Waals surface area (Å²) in [7, 11) is -2.26. The van der Waals surface area contributed by atoms with Crippen molar-refractivity contribution in [2.75, 3.05) is 30.8 Å². The summed E-state index contributed by atoms with van der Waals surface area (Å²) in [5, 5.41) is 2.54. The Hall–Kier alpha value is -3.07. The maximum Gasteiger partial charge on any atom is 0.244 e. The van der Waals surface area contributed by atoms with Gasteiger partial charge in [-0.05, 0) is 43.7 Å². The number of nitrogens with zero attached hydrogens (tertiary/aromatic N) is 2. The van der Waals surface area contributed by atoms with Crippen molar-refractivity contribution in [3.63, 3.8) is 0 Å². The van der Waals surface area contributed by atoms with Crippen LogP contribution in [0, 0.1) is 0 Å². The van der Waals surface area contributed by atoms with Crippen LogP contribution in [0.15, 0.2) is 54.6 Å². The van der Waals surface area contributed by atoms with Gasteiger partial charge in [0, 0.05) is 13.6 Å². The number of benzene rings is 2. The molecule has 0 bridgehead atoms. The van der Waals surface area contributed by atoms with Gasteiger partial charge in [-0.3, -0.25) is 13.9 Å².